The average molecular weight is 386 g/mol. The van der Waals surface area contributed by atoms with Gasteiger partial charge in [-0.1, -0.05) is 13.8 Å². The van der Waals surface area contributed by atoms with E-state index in [-0.39, 0.29) is 28.8 Å². The summed E-state index contributed by atoms with van der Waals surface area (Å²) in [4.78, 5) is 28.0. The highest BCUT2D eigenvalue weighted by atomic mass is 32.2. The lowest BCUT2D eigenvalue weighted by Gasteiger charge is -2.07. The van der Waals surface area contributed by atoms with Gasteiger partial charge in [-0.25, -0.2) is 4.98 Å². The van der Waals surface area contributed by atoms with Crippen molar-refractivity contribution in [2.24, 2.45) is 14.1 Å². The number of nitro benzene ring substituents is 1. The predicted molar refractivity (Wildman–Crippen MR) is 99.0 cm³/mol. The maximum Gasteiger partial charge on any atom is 0.284 e. The molecule has 9 nitrogen and oxygen atoms in total. The summed E-state index contributed by atoms with van der Waals surface area (Å²) in [5.74, 6) is 0.828. The van der Waals surface area contributed by atoms with E-state index in [2.05, 4.69) is 15.2 Å². The number of aromatic nitrogens is 5. The van der Waals surface area contributed by atoms with Crippen LogP contribution in [0, 0.1) is 10.1 Å². The van der Waals surface area contributed by atoms with E-state index in [1.165, 1.54) is 12.3 Å². The van der Waals surface area contributed by atoms with Crippen LogP contribution in [-0.2, 0) is 14.1 Å². The van der Waals surface area contributed by atoms with E-state index >= 15 is 0 Å². The summed E-state index contributed by atoms with van der Waals surface area (Å²) >= 11 is 1.14. The van der Waals surface area contributed by atoms with Crippen LogP contribution in [0.3, 0.4) is 0 Å². The third-order valence-electron chi connectivity index (χ3n) is 4.03. The third kappa shape index (κ3) is 3.61. The number of benzene rings is 1. The maximum atomic E-state index is 12.6. The van der Waals surface area contributed by atoms with Crippen LogP contribution >= 0.6 is 11.8 Å². The van der Waals surface area contributed by atoms with Crippen LogP contribution in [0.4, 0.5) is 5.69 Å². The maximum absolute atomic E-state index is 12.6. The molecule has 0 saturated carbocycles. The summed E-state index contributed by atoms with van der Waals surface area (Å²) in [5, 5.41) is 20.3. The van der Waals surface area contributed by atoms with E-state index in [0.717, 1.165) is 17.6 Å². The summed E-state index contributed by atoms with van der Waals surface area (Å²) in [6.45, 7) is 4.00. The first kappa shape index (κ1) is 18.8. The standard InChI is InChI=1S/C17H18N6O3S/c1-10(2)15-19-20-17(22(15)4)27-13-6-5-11(9-12(13)23(25)26)14(24)16-18-7-8-21(16)3/h5-10H,1-4H3. The zero-order valence-corrected chi connectivity index (χ0v) is 16.1. The molecular formula is C17H18N6O3S. The van der Waals surface area contributed by atoms with E-state index in [1.807, 2.05) is 25.5 Å². The van der Waals surface area contributed by atoms with Gasteiger partial charge in [-0.05, 0) is 23.9 Å². The van der Waals surface area contributed by atoms with Gasteiger partial charge in [0.05, 0.1) is 9.82 Å². The van der Waals surface area contributed by atoms with E-state index in [9.17, 15) is 14.9 Å². The lowest BCUT2D eigenvalue weighted by molar-refractivity contribution is -0.387. The van der Waals surface area contributed by atoms with E-state index in [4.69, 9.17) is 0 Å². The van der Waals surface area contributed by atoms with Crippen LogP contribution in [-0.4, -0.2) is 35.0 Å². The van der Waals surface area contributed by atoms with Crippen molar-refractivity contribution < 1.29 is 9.72 Å². The second-order valence-corrected chi connectivity index (χ2v) is 7.30. The topological polar surface area (TPSA) is 109 Å². The first-order valence-electron chi connectivity index (χ1n) is 8.17. The second-order valence-electron chi connectivity index (χ2n) is 6.29. The minimum Gasteiger partial charge on any atom is -0.331 e. The van der Waals surface area contributed by atoms with E-state index in [0.29, 0.717) is 10.1 Å². The van der Waals surface area contributed by atoms with Crippen molar-refractivity contribution in [3.05, 3.63) is 57.9 Å². The Balaban J connectivity index is 1.97. The molecule has 0 aliphatic rings. The molecule has 0 fully saturated rings. The molecule has 0 radical (unpaired) electrons. The minimum absolute atomic E-state index is 0.158. The van der Waals surface area contributed by atoms with Gasteiger partial charge in [0, 0.05) is 44.0 Å². The zero-order chi connectivity index (χ0) is 19.7. The summed E-state index contributed by atoms with van der Waals surface area (Å²) in [6.07, 6.45) is 3.15. The Morgan fingerprint density at radius 3 is 2.56 bits per heavy atom. The van der Waals surface area contributed by atoms with Gasteiger partial charge in [0.15, 0.2) is 11.0 Å². The number of nitro groups is 1. The van der Waals surface area contributed by atoms with Crippen LogP contribution in [0.5, 0.6) is 0 Å². The van der Waals surface area contributed by atoms with Gasteiger partial charge >= 0.3 is 0 Å². The summed E-state index contributed by atoms with van der Waals surface area (Å²) < 4.78 is 3.38. The molecule has 0 saturated heterocycles. The van der Waals surface area contributed by atoms with Gasteiger partial charge in [0.25, 0.3) is 5.69 Å². The molecule has 0 N–H and O–H groups in total. The van der Waals surface area contributed by atoms with E-state index in [1.54, 1.807) is 29.9 Å². The molecule has 3 aromatic rings. The fraction of sp³-hybridized carbons (Fsp3) is 0.294. The predicted octanol–water partition coefficient (Wildman–Crippen LogP) is 2.96. The quantitative estimate of drug-likeness (QED) is 0.364. The molecule has 0 spiro atoms. The van der Waals surface area contributed by atoms with Crippen molar-refractivity contribution in [2.45, 2.75) is 29.8 Å². The molecule has 2 aromatic heterocycles. The molecule has 0 bridgehead atoms. The molecular weight excluding hydrogens is 368 g/mol. The Bertz CT molecular complexity index is 1020. The SMILES string of the molecule is CC(C)c1nnc(Sc2ccc(C(=O)c3nccn3C)cc2[N+](=O)[O-])n1C. The molecule has 0 aliphatic heterocycles. The summed E-state index contributed by atoms with van der Waals surface area (Å²) in [6, 6.07) is 4.40. The molecule has 3 rings (SSSR count). The number of rotatable bonds is 6. The van der Waals surface area contributed by atoms with Gasteiger partial charge in [0.2, 0.25) is 5.78 Å². The van der Waals surface area contributed by atoms with E-state index < -0.39 is 4.92 Å². The fourth-order valence-corrected chi connectivity index (χ4v) is 3.50. The lowest BCUT2D eigenvalue weighted by atomic mass is 10.1. The molecule has 10 heteroatoms. The summed E-state index contributed by atoms with van der Waals surface area (Å²) in [7, 11) is 3.52. The van der Waals surface area contributed by atoms with Crippen LogP contribution in [0.15, 0.2) is 40.6 Å². The number of hydrogen-bond acceptors (Lipinski definition) is 7. The number of imidazole rings is 1. The van der Waals surface area contributed by atoms with Crippen molar-refractivity contribution in [2.75, 3.05) is 0 Å². The molecule has 140 valence electrons. The highest BCUT2D eigenvalue weighted by molar-refractivity contribution is 7.99. The van der Waals surface area contributed by atoms with Crippen LogP contribution in [0.25, 0.3) is 0 Å². The normalized spacial score (nSPS) is 11.1. The molecule has 27 heavy (non-hydrogen) atoms. The van der Waals surface area contributed by atoms with Gasteiger partial charge in [-0.2, -0.15) is 0 Å². The molecule has 0 unspecified atom stereocenters. The largest absolute Gasteiger partial charge is 0.331 e. The monoisotopic (exact) mass is 386 g/mol. The third-order valence-corrected chi connectivity index (χ3v) is 5.13. The Hall–Kier alpha value is -3.01. The Morgan fingerprint density at radius 2 is 2.00 bits per heavy atom. The van der Waals surface area contributed by atoms with Gasteiger partial charge in [0.1, 0.15) is 5.82 Å². The van der Waals surface area contributed by atoms with Crippen molar-refractivity contribution in [1.29, 1.82) is 0 Å². The number of nitrogens with zero attached hydrogens (tertiary/aromatic N) is 6. The first-order valence-corrected chi connectivity index (χ1v) is 8.98. The van der Waals surface area contributed by atoms with Crippen LogP contribution < -0.4 is 0 Å². The van der Waals surface area contributed by atoms with Gasteiger partial charge in [-0.3, -0.25) is 14.9 Å². The van der Waals surface area contributed by atoms with Crippen molar-refractivity contribution >= 4 is 23.2 Å². The Labute approximate surface area is 159 Å². The number of hydrogen-bond donors (Lipinski definition) is 0. The number of carbonyl (C=O) groups is 1. The molecule has 0 aliphatic carbocycles. The second kappa shape index (κ2) is 7.31. The molecule has 0 amide bonds. The number of aryl methyl sites for hydroxylation is 1. The van der Waals surface area contributed by atoms with Crippen LogP contribution in [0.2, 0.25) is 0 Å². The Kier molecular flexibility index (Phi) is 5.08. The lowest BCUT2D eigenvalue weighted by Crippen LogP contribution is -2.09. The number of ketones is 1. The summed E-state index contributed by atoms with van der Waals surface area (Å²) in [5.41, 5.74) is 0.0512. The highest BCUT2D eigenvalue weighted by Crippen LogP contribution is 2.35. The molecule has 2 heterocycles. The van der Waals surface area contributed by atoms with Crippen molar-refractivity contribution in [1.82, 2.24) is 24.3 Å². The smallest absolute Gasteiger partial charge is 0.284 e. The van der Waals surface area contributed by atoms with Gasteiger partial charge < -0.3 is 9.13 Å². The van der Waals surface area contributed by atoms with Crippen molar-refractivity contribution in [3.8, 4) is 0 Å². The number of carbonyl (C=O) groups excluding carboxylic acids is 1. The molecule has 1 aromatic carbocycles. The minimum atomic E-state index is -0.503. The zero-order valence-electron chi connectivity index (χ0n) is 15.3. The van der Waals surface area contributed by atoms with Crippen molar-refractivity contribution in [3.63, 3.8) is 0 Å². The first-order chi connectivity index (χ1) is 12.8. The highest BCUT2D eigenvalue weighted by Gasteiger charge is 2.23. The fourth-order valence-electron chi connectivity index (χ4n) is 2.62. The average Bonchev–Trinajstić information content (AvgIpc) is 3.20. The van der Waals surface area contributed by atoms with Crippen LogP contribution in [0.1, 0.15) is 41.8 Å². The Morgan fingerprint density at radius 1 is 1.26 bits per heavy atom. The molecule has 0 atom stereocenters. The van der Waals surface area contributed by atoms with Gasteiger partial charge in [-0.15, -0.1) is 10.2 Å².